The molecule has 1 aromatic rings. The Labute approximate surface area is 112 Å². The maximum absolute atomic E-state index is 10.8. The Bertz CT molecular complexity index is 592. The van der Waals surface area contributed by atoms with Crippen LogP contribution in [-0.2, 0) is 0 Å². The second-order valence-electron chi connectivity index (χ2n) is 3.76. The number of nitro groups is 1. The maximum Gasteiger partial charge on any atom is 0.306 e. The van der Waals surface area contributed by atoms with Gasteiger partial charge in [0, 0.05) is 29.3 Å². The van der Waals surface area contributed by atoms with E-state index in [0.717, 1.165) is 12.3 Å². The zero-order valence-electron chi connectivity index (χ0n) is 10.1. The Morgan fingerprint density at radius 1 is 1.65 bits per heavy atom. The molecule has 1 heterocycles. The van der Waals surface area contributed by atoms with Gasteiger partial charge in [-0.05, 0) is 12.0 Å². The molecule has 10 nitrogen and oxygen atoms in total. The SMILES string of the molecule is N#Cc1ncc(C(O)C(O)CCN=[N+]=[N-])cc1[N+](=O)[O-]. The third kappa shape index (κ3) is 3.63. The predicted molar refractivity (Wildman–Crippen MR) is 65.2 cm³/mol. The normalized spacial score (nSPS) is 12.8. The predicted octanol–water partition coefficient (Wildman–Crippen LogP) is 0.956. The van der Waals surface area contributed by atoms with E-state index in [1.165, 1.54) is 0 Å². The van der Waals surface area contributed by atoms with Crippen LogP contribution in [0.25, 0.3) is 10.4 Å². The Morgan fingerprint density at radius 2 is 2.35 bits per heavy atom. The first-order chi connectivity index (χ1) is 9.51. The number of hydrogen-bond acceptors (Lipinski definition) is 7. The summed E-state index contributed by atoms with van der Waals surface area (Å²) in [6.07, 6.45) is -1.64. The molecule has 10 heteroatoms. The van der Waals surface area contributed by atoms with Gasteiger partial charge in [0.2, 0.25) is 5.69 Å². The van der Waals surface area contributed by atoms with Gasteiger partial charge in [-0.15, -0.1) is 0 Å². The van der Waals surface area contributed by atoms with Crippen molar-refractivity contribution in [2.45, 2.75) is 18.6 Å². The van der Waals surface area contributed by atoms with Gasteiger partial charge in [-0.25, -0.2) is 4.98 Å². The maximum atomic E-state index is 10.8. The van der Waals surface area contributed by atoms with Gasteiger partial charge in [0.15, 0.2) is 0 Å². The van der Waals surface area contributed by atoms with Crippen LogP contribution in [0, 0.1) is 21.4 Å². The van der Waals surface area contributed by atoms with Crippen LogP contribution in [0.15, 0.2) is 17.4 Å². The van der Waals surface area contributed by atoms with Crippen LogP contribution in [-0.4, -0.2) is 32.8 Å². The summed E-state index contributed by atoms with van der Waals surface area (Å²) in [5.41, 5.74) is 7.16. The van der Waals surface area contributed by atoms with Gasteiger partial charge in [0.25, 0.3) is 0 Å². The number of aliphatic hydroxyl groups excluding tert-OH is 2. The minimum Gasteiger partial charge on any atom is -0.390 e. The Hall–Kier alpha value is -2.73. The molecule has 0 bridgehead atoms. The number of aliphatic hydroxyl groups is 2. The van der Waals surface area contributed by atoms with Crippen molar-refractivity contribution in [1.82, 2.24) is 4.98 Å². The number of nitriles is 1. The number of pyridine rings is 1. The quantitative estimate of drug-likeness (QED) is 0.258. The van der Waals surface area contributed by atoms with E-state index in [2.05, 4.69) is 15.0 Å². The lowest BCUT2D eigenvalue weighted by atomic mass is 10.0. The van der Waals surface area contributed by atoms with Crippen molar-refractivity contribution >= 4 is 5.69 Å². The fourth-order valence-electron chi connectivity index (χ4n) is 1.47. The van der Waals surface area contributed by atoms with Crippen LogP contribution in [0.2, 0.25) is 0 Å². The van der Waals surface area contributed by atoms with Gasteiger partial charge >= 0.3 is 5.69 Å². The number of rotatable bonds is 6. The molecule has 0 amide bonds. The van der Waals surface area contributed by atoms with E-state index in [-0.39, 0.29) is 24.2 Å². The molecule has 0 spiro atoms. The monoisotopic (exact) mass is 278 g/mol. The Morgan fingerprint density at radius 3 is 2.90 bits per heavy atom. The number of hydrogen-bond donors (Lipinski definition) is 2. The van der Waals surface area contributed by atoms with Crippen LogP contribution in [0.3, 0.4) is 0 Å². The molecule has 104 valence electrons. The molecule has 1 aromatic heterocycles. The van der Waals surface area contributed by atoms with E-state index >= 15 is 0 Å². The van der Waals surface area contributed by atoms with Crippen molar-refractivity contribution in [2.75, 3.05) is 6.54 Å². The second-order valence-corrected chi connectivity index (χ2v) is 3.76. The molecule has 0 aromatic carbocycles. The van der Waals surface area contributed by atoms with E-state index in [9.17, 15) is 20.3 Å². The van der Waals surface area contributed by atoms with E-state index < -0.39 is 22.8 Å². The summed E-state index contributed by atoms with van der Waals surface area (Å²) in [6, 6.07) is 2.54. The van der Waals surface area contributed by atoms with Crippen LogP contribution in [0.1, 0.15) is 23.8 Å². The lowest BCUT2D eigenvalue weighted by molar-refractivity contribution is -0.385. The summed E-state index contributed by atoms with van der Waals surface area (Å²) in [7, 11) is 0. The van der Waals surface area contributed by atoms with Crippen LogP contribution >= 0.6 is 0 Å². The number of nitrogens with zero attached hydrogens (tertiary/aromatic N) is 6. The van der Waals surface area contributed by atoms with E-state index in [4.69, 9.17) is 10.8 Å². The third-order valence-corrected chi connectivity index (χ3v) is 2.49. The van der Waals surface area contributed by atoms with Crippen LogP contribution < -0.4 is 0 Å². The lowest BCUT2D eigenvalue weighted by Gasteiger charge is -2.16. The molecule has 0 saturated carbocycles. The van der Waals surface area contributed by atoms with Crippen LogP contribution in [0.4, 0.5) is 5.69 Å². The van der Waals surface area contributed by atoms with E-state index in [1.54, 1.807) is 6.07 Å². The highest BCUT2D eigenvalue weighted by Crippen LogP contribution is 2.24. The molecular formula is C10H10N6O4. The molecule has 0 radical (unpaired) electrons. The molecule has 2 N–H and O–H groups in total. The molecule has 2 atom stereocenters. The zero-order valence-corrected chi connectivity index (χ0v) is 10.1. The summed E-state index contributed by atoms with van der Waals surface area (Å²) in [4.78, 5) is 16.0. The standard InChI is InChI=1S/C10H10N6O4/c11-4-7-8(16(19)20)3-6(5-13-7)10(18)9(17)1-2-14-15-12/h3,5,9-10,17-18H,1-2H2. The summed E-state index contributed by atoms with van der Waals surface area (Å²) in [5, 5.41) is 42.1. The molecule has 0 saturated heterocycles. The van der Waals surface area contributed by atoms with Gasteiger partial charge < -0.3 is 10.2 Å². The summed E-state index contributed by atoms with van der Waals surface area (Å²) < 4.78 is 0. The first-order valence-corrected chi connectivity index (χ1v) is 5.42. The number of azide groups is 1. The average molecular weight is 278 g/mol. The fraction of sp³-hybridized carbons (Fsp3) is 0.400. The molecule has 1 rings (SSSR count). The van der Waals surface area contributed by atoms with Gasteiger partial charge in [-0.3, -0.25) is 10.1 Å². The minimum atomic E-state index is -1.43. The van der Waals surface area contributed by atoms with E-state index in [1.807, 2.05) is 0 Å². The summed E-state index contributed by atoms with van der Waals surface area (Å²) >= 11 is 0. The first-order valence-electron chi connectivity index (χ1n) is 5.42. The first kappa shape index (κ1) is 15.3. The van der Waals surface area contributed by atoms with Crippen molar-refractivity contribution in [3.63, 3.8) is 0 Å². The molecule has 0 aliphatic heterocycles. The zero-order chi connectivity index (χ0) is 15.1. The number of aromatic nitrogens is 1. The Balaban J connectivity index is 2.96. The smallest absolute Gasteiger partial charge is 0.306 e. The van der Waals surface area contributed by atoms with Crippen molar-refractivity contribution in [2.24, 2.45) is 5.11 Å². The average Bonchev–Trinajstić information content (AvgIpc) is 2.45. The van der Waals surface area contributed by atoms with Crippen molar-refractivity contribution in [3.8, 4) is 6.07 Å². The van der Waals surface area contributed by atoms with Gasteiger partial charge in [0.05, 0.1) is 11.0 Å². The highest BCUT2D eigenvalue weighted by atomic mass is 16.6. The molecule has 0 fully saturated rings. The van der Waals surface area contributed by atoms with Crippen LogP contribution in [0.5, 0.6) is 0 Å². The highest BCUT2D eigenvalue weighted by molar-refractivity contribution is 5.45. The van der Waals surface area contributed by atoms with Gasteiger partial charge in [-0.1, -0.05) is 5.11 Å². The molecule has 0 aliphatic rings. The van der Waals surface area contributed by atoms with Crippen molar-refractivity contribution in [3.05, 3.63) is 44.1 Å². The summed E-state index contributed by atoms with van der Waals surface area (Å²) in [6.45, 7) is -0.0273. The minimum absolute atomic E-state index is 0.00383. The van der Waals surface area contributed by atoms with Gasteiger partial charge in [0.1, 0.15) is 12.2 Å². The fourth-order valence-corrected chi connectivity index (χ4v) is 1.47. The Kier molecular flexibility index (Phi) is 5.37. The van der Waals surface area contributed by atoms with Crippen molar-refractivity contribution in [1.29, 1.82) is 5.26 Å². The lowest BCUT2D eigenvalue weighted by Crippen LogP contribution is -2.19. The molecular weight excluding hydrogens is 268 g/mol. The molecule has 2 unspecified atom stereocenters. The van der Waals surface area contributed by atoms with E-state index in [0.29, 0.717) is 0 Å². The van der Waals surface area contributed by atoms with Crippen molar-refractivity contribution < 1.29 is 15.1 Å². The molecule has 20 heavy (non-hydrogen) atoms. The largest absolute Gasteiger partial charge is 0.390 e. The molecule has 0 aliphatic carbocycles. The topological polar surface area (TPSA) is 169 Å². The third-order valence-electron chi connectivity index (χ3n) is 2.49. The second kappa shape index (κ2) is 7.01. The highest BCUT2D eigenvalue weighted by Gasteiger charge is 2.23. The van der Waals surface area contributed by atoms with Gasteiger partial charge in [-0.2, -0.15) is 5.26 Å². The summed E-state index contributed by atoms with van der Waals surface area (Å²) in [5.74, 6) is 0.